The van der Waals surface area contributed by atoms with Crippen LogP contribution in [0.5, 0.6) is 0 Å². The van der Waals surface area contributed by atoms with Crippen molar-refractivity contribution in [3.8, 4) is 0 Å². The molecular formula is C15H19BrFNO. The molecule has 0 aliphatic carbocycles. The molecule has 1 amide bonds. The van der Waals surface area contributed by atoms with E-state index >= 15 is 0 Å². The van der Waals surface area contributed by atoms with Crippen molar-refractivity contribution in [3.63, 3.8) is 0 Å². The van der Waals surface area contributed by atoms with E-state index in [9.17, 15) is 9.18 Å². The molecular weight excluding hydrogens is 309 g/mol. The zero-order chi connectivity index (χ0) is 13.8. The monoisotopic (exact) mass is 327 g/mol. The highest BCUT2D eigenvalue weighted by atomic mass is 79.9. The molecule has 104 valence electrons. The van der Waals surface area contributed by atoms with Gasteiger partial charge in [0, 0.05) is 24.0 Å². The number of benzene rings is 1. The molecule has 4 heteroatoms. The molecule has 1 aliphatic rings. The average Bonchev–Trinajstić information content (AvgIpc) is 2.37. The molecule has 1 aromatic carbocycles. The van der Waals surface area contributed by atoms with Crippen molar-refractivity contribution in [2.75, 3.05) is 18.4 Å². The quantitative estimate of drug-likeness (QED) is 0.774. The van der Waals surface area contributed by atoms with Crippen molar-refractivity contribution in [1.82, 2.24) is 4.90 Å². The lowest BCUT2D eigenvalue weighted by molar-refractivity contribution is 0.0671. The number of rotatable bonds is 3. The first-order valence-corrected chi connectivity index (χ1v) is 7.84. The summed E-state index contributed by atoms with van der Waals surface area (Å²) in [4.78, 5) is 14.3. The SMILES string of the molecule is Cc1cc(F)cc(C(=O)N2CCCC(CCBr)C2)c1. The Morgan fingerprint density at radius 2 is 2.26 bits per heavy atom. The van der Waals surface area contributed by atoms with Gasteiger partial charge in [-0.1, -0.05) is 15.9 Å². The number of hydrogen-bond donors (Lipinski definition) is 0. The minimum atomic E-state index is -0.336. The van der Waals surface area contributed by atoms with E-state index in [0.29, 0.717) is 11.5 Å². The van der Waals surface area contributed by atoms with Gasteiger partial charge in [-0.3, -0.25) is 4.79 Å². The van der Waals surface area contributed by atoms with E-state index in [4.69, 9.17) is 0 Å². The largest absolute Gasteiger partial charge is 0.338 e. The first-order chi connectivity index (χ1) is 9.10. The Labute approximate surface area is 122 Å². The lowest BCUT2D eigenvalue weighted by Crippen LogP contribution is -2.40. The van der Waals surface area contributed by atoms with Crippen LogP contribution < -0.4 is 0 Å². The first kappa shape index (κ1) is 14.5. The highest BCUT2D eigenvalue weighted by Gasteiger charge is 2.24. The number of hydrogen-bond acceptors (Lipinski definition) is 1. The number of nitrogens with zero attached hydrogens (tertiary/aromatic N) is 1. The van der Waals surface area contributed by atoms with Crippen molar-refractivity contribution in [3.05, 3.63) is 35.1 Å². The fourth-order valence-corrected chi connectivity index (χ4v) is 3.33. The number of alkyl halides is 1. The summed E-state index contributed by atoms with van der Waals surface area (Å²) in [5.74, 6) is 0.186. The standard InChI is InChI=1S/C15H19BrFNO/c1-11-7-13(9-14(17)8-11)15(19)18-6-2-3-12(10-18)4-5-16/h7-9,12H,2-6,10H2,1H3. The van der Waals surface area contributed by atoms with Crippen molar-refractivity contribution in [1.29, 1.82) is 0 Å². The maximum absolute atomic E-state index is 13.4. The Hall–Kier alpha value is -0.900. The summed E-state index contributed by atoms with van der Waals surface area (Å²) in [6.45, 7) is 3.39. The Kier molecular flexibility index (Phi) is 4.97. The van der Waals surface area contributed by atoms with Gasteiger partial charge in [-0.05, 0) is 55.9 Å². The van der Waals surface area contributed by atoms with Gasteiger partial charge in [0.05, 0.1) is 0 Å². The molecule has 0 spiro atoms. The van der Waals surface area contributed by atoms with Crippen molar-refractivity contribution in [2.45, 2.75) is 26.2 Å². The molecule has 1 aliphatic heterocycles. The Balaban J connectivity index is 2.10. The van der Waals surface area contributed by atoms with Gasteiger partial charge in [-0.2, -0.15) is 0 Å². The van der Waals surface area contributed by atoms with Crippen molar-refractivity contribution in [2.24, 2.45) is 5.92 Å². The number of aryl methyl sites for hydroxylation is 1. The lowest BCUT2D eigenvalue weighted by Gasteiger charge is -2.32. The summed E-state index contributed by atoms with van der Waals surface area (Å²) in [7, 11) is 0. The van der Waals surface area contributed by atoms with Crippen LogP contribution in [0.2, 0.25) is 0 Å². The van der Waals surface area contributed by atoms with Gasteiger partial charge in [0.15, 0.2) is 0 Å². The molecule has 1 fully saturated rings. The maximum atomic E-state index is 13.4. The summed E-state index contributed by atoms with van der Waals surface area (Å²) in [6.07, 6.45) is 3.31. The van der Waals surface area contributed by atoms with E-state index in [2.05, 4.69) is 15.9 Å². The van der Waals surface area contributed by atoms with Gasteiger partial charge in [0.2, 0.25) is 0 Å². The predicted molar refractivity (Wildman–Crippen MR) is 78.2 cm³/mol. The molecule has 1 heterocycles. The number of piperidine rings is 1. The highest BCUT2D eigenvalue weighted by Crippen LogP contribution is 2.22. The van der Waals surface area contributed by atoms with Crippen molar-refractivity contribution < 1.29 is 9.18 Å². The Morgan fingerprint density at radius 1 is 1.47 bits per heavy atom. The van der Waals surface area contributed by atoms with E-state index in [1.54, 1.807) is 6.07 Å². The van der Waals surface area contributed by atoms with Crippen molar-refractivity contribution >= 4 is 21.8 Å². The summed E-state index contributed by atoms with van der Waals surface area (Å²) >= 11 is 3.45. The second-order valence-electron chi connectivity index (χ2n) is 5.25. The summed E-state index contributed by atoms with van der Waals surface area (Å²) in [5.41, 5.74) is 1.26. The number of likely N-dealkylation sites (tertiary alicyclic amines) is 1. The molecule has 0 bridgehead atoms. The topological polar surface area (TPSA) is 20.3 Å². The molecule has 0 aromatic heterocycles. The molecule has 1 aromatic rings. The van der Waals surface area contributed by atoms with Gasteiger partial charge in [0.25, 0.3) is 5.91 Å². The third-order valence-corrected chi connectivity index (χ3v) is 4.07. The summed E-state index contributed by atoms with van der Waals surface area (Å²) < 4.78 is 13.4. The fourth-order valence-electron chi connectivity index (χ4n) is 2.68. The van der Waals surface area contributed by atoms with Crippen LogP contribution in [0.4, 0.5) is 4.39 Å². The zero-order valence-corrected chi connectivity index (χ0v) is 12.7. The molecule has 19 heavy (non-hydrogen) atoms. The number of halogens is 2. The van der Waals surface area contributed by atoms with Crippen LogP contribution in [0.25, 0.3) is 0 Å². The summed E-state index contributed by atoms with van der Waals surface area (Å²) in [5, 5.41) is 0.971. The van der Waals surface area contributed by atoms with Crippen LogP contribution in [-0.2, 0) is 0 Å². The van der Waals surface area contributed by atoms with E-state index in [1.807, 2.05) is 11.8 Å². The van der Waals surface area contributed by atoms with E-state index in [1.165, 1.54) is 18.6 Å². The molecule has 2 nitrogen and oxygen atoms in total. The lowest BCUT2D eigenvalue weighted by atomic mass is 9.95. The van der Waals surface area contributed by atoms with Crippen LogP contribution in [0, 0.1) is 18.7 Å². The second kappa shape index (κ2) is 6.51. The van der Waals surface area contributed by atoms with Gasteiger partial charge in [-0.25, -0.2) is 4.39 Å². The molecule has 1 saturated heterocycles. The summed E-state index contributed by atoms with van der Waals surface area (Å²) in [6, 6.07) is 4.55. The number of carbonyl (C=O) groups is 1. The maximum Gasteiger partial charge on any atom is 0.253 e. The molecule has 0 saturated carbocycles. The fraction of sp³-hybridized carbons (Fsp3) is 0.533. The van der Waals surface area contributed by atoms with Crippen LogP contribution in [0.15, 0.2) is 18.2 Å². The third-order valence-electron chi connectivity index (χ3n) is 3.61. The van der Waals surface area contributed by atoms with Gasteiger partial charge in [-0.15, -0.1) is 0 Å². The number of carbonyl (C=O) groups excluding carboxylic acids is 1. The van der Waals surface area contributed by atoms with Gasteiger partial charge in [0.1, 0.15) is 5.82 Å². The Morgan fingerprint density at radius 3 is 2.95 bits per heavy atom. The normalized spacial score (nSPS) is 19.5. The van der Waals surface area contributed by atoms with Gasteiger partial charge < -0.3 is 4.90 Å². The van der Waals surface area contributed by atoms with Crippen LogP contribution in [0.3, 0.4) is 0 Å². The van der Waals surface area contributed by atoms with E-state index < -0.39 is 0 Å². The van der Waals surface area contributed by atoms with Crippen LogP contribution >= 0.6 is 15.9 Å². The predicted octanol–water partition coefficient (Wildman–Crippen LogP) is 3.77. The molecule has 1 atom stereocenters. The van der Waals surface area contributed by atoms with Gasteiger partial charge >= 0.3 is 0 Å². The van der Waals surface area contributed by atoms with E-state index in [0.717, 1.165) is 36.8 Å². The molecule has 1 unspecified atom stereocenters. The minimum Gasteiger partial charge on any atom is -0.338 e. The second-order valence-corrected chi connectivity index (χ2v) is 6.05. The van der Waals surface area contributed by atoms with Crippen LogP contribution in [0.1, 0.15) is 35.2 Å². The number of amides is 1. The molecule has 0 radical (unpaired) electrons. The smallest absolute Gasteiger partial charge is 0.253 e. The zero-order valence-electron chi connectivity index (χ0n) is 11.2. The Bertz CT molecular complexity index is 441. The van der Waals surface area contributed by atoms with E-state index in [-0.39, 0.29) is 11.7 Å². The average molecular weight is 328 g/mol. The molecule has 0 N–H and O–H groups in total. The van der Waals surface area contributed by atoms with Crippen LogP contribution in [-0.4, -0.2) is 29.2 Å². The minimum absolute atomic E-state index is 0.0399. The highest BCUT2D eigenvalue weighted by molar-refractivity contribution is 9.09. The molecule has 2 rings (SSSR count). The third kappa shape index (κ3) is 3.78. The first-order valence-electron chi connectivity index (χ1n) is 6.72.